The predicted octanol–water partition coefficient (Wildman–Crippen LogP) is 5.25. The molecule has 3 rings (SSSR count). The van der Waals surface area contributed by atoms with Crippen LogP contribution in [0.3, 0.4) is 0 Å². The van der Waals surface area contributed by atoms with Gasteiger partial charge in [0.2, 0.25) is 15.9 Å². The number of carbonyl (C=O) groups is 1. The Kier molecular flexibility index (Phi) is 8.88. The van der Waals surface area contributed by atoms with E-state index >= 15 is 0 Å². The number of halogens is 1. The quantitative estimate of drug-likeness (QED) is 0.350. The van der Waals surface area contributed by atoms with Gasteiger partial charge in [0.15, 0.2) is 0 Å². The predicted molar refractivity (Wildman–Crippen MR) is 149 cm³/mol. The molecule has 0 aromatic heterocycles. The summed E-state index contributed by atoms with van der Waals surface area (Å²) in [5.41, 5.74) is 3.97. The standard InChI is InChI=1S/C26H30ClN3O5S2/c1-18-7-8-20(3)25(16-18)30(36(4,32)33)15-5-6-26(31)28-21-11-13-23(14-12-21)37(34,35)29-22-10-9-19(2)24(27)17-22/h7-14,16-17,29H,5-6,15H2,1-4H3,(H,28,31). The number of nitrogens with zero attached hydrogens (tertiary/aromatic N) is 1. The molecule has 0 radical (unpaired) electrons. The number of sulfonamides is 2. The van der Waals surface area contributed by atoms with Gasteiger partial charge in [0.05, 0.1) is 22.5 Å². The summed E-state index contributed by atoms with van der Waals surface area (Å²) in [6.07, 6.45) is 1.54. The number of amides is 1. The van der Waals surface area contributed by atoms with E-state index in [4.69, 9.17) is 11.6 Å². The van der Waals surface area contributed by atoms with E-state index in [1.807, 2.05) is 39.0 Å². The van der Waals surface area contributed by atoms with Gasteiger partial charge in [-0.1, -0.05) is 29.8 Å². The molecule has 2 N–H and O–H groups in total. The minimum Gasteiger partial charge on any atom is -0.326 e. The lowest BCUT2D eigenvalue weighted by atomic mass is 10.1. The molecule has 3 aromatic carbocycles. The lowest BCUT2D eigenvalue weighted by molar-refractivity contribution is -0.116. The van der Waals surface area contributed by atoms with Gasteiger partial charge in [0.1, 0.15) is 0 Å². The van der Waals surface area contributed by atoms with Crippen molar-refractivity contribution in [1.82, 2.24) is 0 Å². The van der Waals surface area contributed by atoms with Crippen LogP contribution in [0.25, 0.3) is 0 Å². The van der Waals surface area contributed by atoms with Gasteiger partial charge in [-0.15, -0.1) is 0 Å². The van der Waals surface area contributed by atoms with Crippen molar-refractivity contribution in [3.8, 4) is 0 Å². The molecule has 1 amide bonds. The number of benzene rings is 3. The first kappa shape index (κ1) is 28.5. The van der Waals surface area contributed by atoms with Gasteiger partial charge in [0, 0.05) is 23.7 Å². The van der Waals surface area contributed by atoms with Crippen LogP contribution in [0.4, 0.5) is 17.1 Å². The molecule has 0 atom stereocenters. The molecule has 0 bridgehead atoms. The molecule has 0 heterocycles. The summed E-state index contributed by atoms with van der Waals surface area (Å²) in [5, 5.41) is 3.17. The first-order valence-electron chi connectivity index (χ1n) is 11.5. The highest BCUT2D eigenvalue weighted by Crippen LogP contribution is 2.25. The zero-order valence-corrected chi connectivity index (χ0v) is 23.5. The third kappa shape index (κ3) is 7.70. The van der Waals surface area contributed by atoms with E-state index in [0.717, 1.165) is 22.9 Å². The molecule has 0 unspecified atom stereocenters. The fourth-order valence-electron chi connectivity index (χ4n) is 3.65. The molecule has 0 spiro atoms. The van der Waals surface area contributed by atoms with Crippen LogP contribution in [0, 0.1) is 20.8 Å². The van der Waals surface area contributed by atoms with Gasteiger partial charge in [0.25, 0.3) is 10.0 Å². The SMILES string of the molecule is Cc1ccc(C)c(N(CCCC(=O)Nc2ccc(S(=O)(=O)Nc3ccc(C)c(Cl)c3)cc2)S(C)(=O)=O)c1. The second-order valence-electron chi connectivity index (χ2n) is 8.87. The molecule has 198 valence electrons. The first-order chi connectivity index (χ1) is 17.3. The second kappa shape index (κ2) is 11.5. The van der Waals surface area contributed by atoms with Gasteiger partial charge >= 0.3 is 0 Å². The largest absolute Gasteiger partial charge is 0.326 e. The van der Waals surface area contributed by atoms with Crippen molar-refractivity contribution in [2.45, 2.75) is 38.5 Å². The van der Waals surface area contributed by atoms with Crippen LogP contribution in [0.2, 0.25) is 5.02 Å². The van der Waals surface area contributed by atoms with E-state index in [-0.39, 0.29) is 23.8 Å². The Morgan fingerprint density at radius 1 is 0.865 bits per heavy atom. The van der Waals surface area contributed by atoms with E-state index in [9.17, 15) is 21.6 Å². The van der Waals surface area contributed by atoms with E-state index in [2.05, 4.69) is 10.0 Å². The number of hydrogen-bond acceptors (Lipinski definition) is 5. The third-order valence-electron chi connectivity index (χ3n) is 5.67. The van der Waals surface area contributed by atoms with Crippen LogP contribution in [0.1, 0.15) is 29.5 Å². The fraction of sp³-hybridized carbons (Fsp3) is 0.269. The number of hydrogen-bond donors (Lipinski definition) is 2. The Bertz CT molecular complexity index is 1510. The van der Waals surface area contributed by atoms with Crippen molar-refractivity contribution >= 4 is 54.6 Å². The summed E-state index contributed by atoms with van der Waals surface area (Å²) in [4.78, 5) is 12.5. The normalized spacial score (nSPS) is 11.7. The molecule has 0 fully saturated rings. The van der Waals surface area contributed by atoms with E-state index in [0.29, 0.717) is 28.5 Å². The molecule has 0 saturated heterocycles. The Morgan fingerprint density at radius 2 is 1.49 bits per heavy atom. The molecule has 0 aliphatic carbocycles. The fourth-order valence-corrected chi connectivity index (χ4v) is 5.89. The van der Waals surface area contributed by atoms with Crippen LogP contribution >= 0.6 is 11.6 Å². The topological polar surface area (TPSA) is 113 Å². The van der Waals surface area contributed by atoms with Crippen molar-refractivity contribution in [2.75, 3.05) is 27.1 Å². The molecular weight excluding hydrogens is 534 g/mol. The van der Waals surface area contributed by atoms with Crippen molar-refractivity contribution < 1.29 is 21.6 Å². The lowest BCUT2D eigenvalue weighted by Crippen LogP contribution is -2.32. The highest BCUT2D eigenvalue weighted by molar-refractivity contribution is 7.92. The maximum atomic E-state index is 12.7. The third-order valence-corrected chi connectivity index (χ3v) is 8.66. The summed E-state index contributed by atoms with van der Waals surface area (Å²) in [6, 6.07) is 16.2. The molecule has 0 aliphatic rings. The summed E-state index contributed by atoms with van der Waals surface area (Å²) >= 11 is 6.07. The maximum absolute atomic E-state index is 12.7. The highest BCUT2D eigenvalue weighted by atomic mass is 35.5. The monoisotopic (exact) mass is 563 g/mol. The molecule has 8 nitrogen and oxygen atoms in total. The zero-order chi connectivity index (χ0) is 27.4. The molecule has 11 heteroatoms. The number of carbonyl (C=O) groups excluding carboxylic acids is 1. The molecular formula is C26H30ClN3O5S2. The minimum absolute atomic E-state index is 0.0273. The summed E-state index contributed by atoms with van der Waals surface area (Å²) in [5.74, 6) is -0.308. The molecule has 0 saturated carbocycles. The van der Waals surface area contributed by atoms with Crippen LogP contribution in [0.15, 0.2) is 65.6 Å². The maximum Gasteiger partial charge on any atom is 0.261 e. The smallest absolute Gasteiger partial charge is 0.261 e. The number of nitrogens with one attached hydrogen (secondary N) is 2. The zero-order valence-electron chi connectivity index (χ0n) is 21.1. The van der Waals surface area contributed by atoms with Crippen molar-refractivity contribution in [3.05, 3.63) is 82.4 Å². The Labute approximate surface area is 223 Å². The Morgan fingerprint density at radius 3 is 2.11 bits per heavy atom. The van der Waals surface area contributed by atoms with Crippen LogP contribution < -0.4 is 14.3 Å². The summed E-state index contributed by atoms with van der Waals surface area (Å²) < 4.78 is 53.9. The van der Waals surface area contributed by atoms with Gasteiger partial charge in [-0.3, -0.25) is 13.8 Å². The Balaban J connectivity index is 1.60. The number of anilines is 3. The van der Waals surface area contributed by atoms with Crippen LogP contribution in [-0.2, 0) is 24.8 Å². The van der Waals surface area contributed by atoms with Crippen LogP contribution in [-0.4, -0.2) is 35.5 Å². The summed E-state index contributed by atoms with van der Waals surface area (Å²) in [6.45, 7) is 5.71. The van der Waals surface area contributed by atoms with Gasteiger partial charge < -0.3 is 5.32 Å². The van der Waals surface area contributed by atoms with Gasteiger partial charge in [-0.05, 0) is 86.3 Å². The summed E-state index contributed by atoms with van der Waals surface area (Å²) in [7, 11) is -7.37. The van der Waals surface area contributed by atoms with Crippen molar-refractivity contribution in [3.63, 3.8) is 0 Å². The van der Waals surface area contributed by atoms with E-state index < -0.39 is 20.0 Å². The Hall–Kier alpha value is -3.08. The first-order valence-corrected chi connectivity index (χ1v) is 15.2. The lowest BCUT2D eigenvalue weighted by Gasteiger charge is -2.24. The molecule has 37 heavy (non-hydrogen) atoms. The minimum atomic E-state index is -3.84. The van der Waals surface area contributed by atoms with Gasteiger partial charge in [-0.25, -0.2) is 16.8 Å². The molecule has 0 aliphatic heterocycles. The average molecular weight is 564 g/mol. The highest BCUT2D eigenvalue weighted by Gasteiger charge is 2.20. The number of aryl methyl sites for hydroxylation is 3. The van der Waals surface area contributed by atoms with Crippen molar-refractivity contribution in [2.24, 2.45) is 0 Å². The number of rotatable bonds is 10. The second-order valence-corrected chi connectivity index (χ2v) is 12.9. The van der Waals surface area contributed by atoms with E-state index in [1.165, 1.54) is 34.6 Å². The van der Waals surface area contributed by atoms with Crippen LogP contribution in [0.5, 0.6) is 0 Å². The average Bonchev–Trinajstić information content (AvgIpc) is 2.80. The van der Waals surface area contributed by atoms with E-state index in [1.54, 1.807) is 12.1 Å². The van der Waals surface area contributed by atoms with Crippen molar-refractivity contribution in [1.29, 1.82) is 0 Å². The van der Waals surface area contributed by atoms with Gasteiger partial charge in [-0.2, -0.15) is 0 Å². The molecule has 3 aromatic rings.